The van der Waals surface area contributed by atoms with Crippen LogP contribution in [0.5, 0.6) is 0 Å². The maximum atomic E-state index is 11.1. The quantitative estimate of drug-likeness (QED) is 0.757. The van der Waals surface area contributed by atoms with E-state index < -0.39 is 6.09 Å². The molecule has 1 aliphatic heterocycles. The summed E-state index contributed by atoms with van der Waals surface area (Å²) in [6.45, 7) is 2.51. The van der Waals surface area contributed by atoms with E-state index in [2.05, 4.69) is 0 Å². The Labute approximate surface area is 94.7 Å². The van der Waals surface area contributed by atoms with E-state index in [0.29, 0.717) is 6.54 Å². The van der Waals surface area contributed by atoms with E-state index >= 15 is 0 Å². The van der Waals surface area contributed by atoms with Crippen molar-refractivity contribution in [3.05, 3.63) is 35.4 Å². The number of nitrogens with zero attached hydrogens (tertiary/aromatic N) is 1. The third-order valence-electron chi connectivity index (χ3n) is 3.20. The van der Waals surface area contributed by atoms with Gasteiger partial charge in [-0.3, -0.25) is 4.90 Å². The van der Waals surface area contributed by atoms with Crippen LogP contribution in [0, 0.1) is 6.92 Å². The lowest BCUT2D eigenvalue weighted by Gasteiger charge is -2.25. The summed E-state index contributed by atoms with van der Waals surface area (Å²) in [4.78, 5) is 12.6. The molecule has 86 valence electrons. The highest BCUT2D eigenvalue weighted by molar-refractivity contribution is 5.66. The minimum absolute atomic E-state index is 0.0998. The zero-order valence-electron chi connectivity index (χ0n) is 9.26. The highest BCUT2D eigenvalue weighted by Gasteiger charge is 2.36. The first-order valence-corrected chi connectivity index (χ1v) is 5.42. The third kappa shape index (κ3) is 1.76. The minimum Gasteiger partial charge on any atom is -0.465 e. The van der Waals surface area contributed by atoms with Crippen molar-refractivity contribution in [1.29, 1.82) is 0 Å². The monoisotopic (exact) mass is 220 g/mol. The normalized spacial score (nSPS) is 24.8. The van der Waals surface area contributed by atoms with E-state index in [-0.39, 0.29) is 12.1 Å². The molecule has 0 radical (unpaired) electrons. The van der Waals surface area contributed by atoms with Crippen molar-refractivity contribution < 1.29 is 9.90 Å². The summed E-state index contributed by atoms with van der Waals surface area (Å²) in [5.41, 5.74) is 8.12. The van der Waals surface area contributed by atoms with Gasteiger partial charge in [0.25, 0.3) is 0 Å². The molecular formula is C12H16N2O2. The van der Waals surface area contributed by atoms with Crippen molar-refractivity contribution in [1.82, 2.24) is 4.90 Å². The molecule has 0 aliphatic carbocycles. The Morgan fingerprint density at radius 2 is 2.19 bits per heavy atom. The van der Waals surface area contributed by atoms with Gasteiger partial charge in [0.2, 0.25) is 0 Å². The highest BCUT2D eigenvalue weighted by atomic mass is 16.4. The van der Waals surface area contributed by atoms with Gasteiger partial charge in [-0.25, -0.2) is 4.79 Å². The Morgan fingerprint density at radius 1 is 1.50 bits per heavy atom. The van der Waals surface area contributed by atoms with Crippen LogP contribution in [-0.4, -0.2) is 28.7 Å². The molecule has 0 saturated carbocycles. The molecule has 2 atom stereocenters. The second kappa shape index (κ2) is 4.14. The van der Waals surface area contributed by atoms with E-state index in [1.54, 1.807) is 0 Å². The lowest BCUT2D eigenvalue weighted by molar-refractivity contribution is 0.138. The number of hydrogen-bond acceptors (Lipinski definition) is 2. The molecule has 2 rings (SSSR count). The zero-order valence-corrected chi connectivity index (χ0v) is 9.26. The largest absolute Gasteiger partial charge is 0.465 e. The molecular weight excluding hydrogens is 204 g/mol. The van der Waals surface area contributed by atoms with Crippen molar-refractivity contribution in [2.45, 2.75) is 25.4 Å². The molecule has 1 saturated heterocycles. The van der Waals surface area contributed by atoms with Crippen LogP contribution < -0.4 is 5.73 Å². The van der Waals surface area contributed by atoms with Gasteiger partial charge in [0.1, 0.15) is 0 Å². The number of nitrogens with two attached hydrogens (primary N) is 1. The van der Waals surface area contributed by atoms with Crippen LogP contribution >= 0.6 is 0 Å². The van der Waals surface area contributed by atoms with Crippen LogP contribution in [0.3, 0.4) is 0 Å². The van der Waals surface area contributed by atoms with E-state index in [1.807, 2.05) is 31.2 Å². The van der Waals surface area contributed by atoms with E-state index in [4.69, 9.17) is 10.8 Å². The van der Waals surface area contributed by atoms with Gasteiger partial charge in [0.05, 0.1) is 6.04 Å². The van der Waals surface area contributed by atoms with Crippen LogP contribution in [0.2, 0.25) is 0 Å². The number of likely N-dealkylation sites (tertiary alicyclic amines) is 1. The topological polar surface area (TPSA) is 66.6 Å². The van der Waals surface area contributed by atoms with E-state index in [1.165, 1.54) is 4.90 Å². The highest BCUT2D eigenvalue weighted by Crippen LogP contribution is 2.32. The summed E-state index contributed by atoms with van der Waals surface area (Å²) in [6.07, 6.45) is -0.160. The van der Waals surface area contributed by atoms with Gasteiger partial charge in [0, 0.05) is 12.6 Å². The summed E-state index contributed by atoms with van der Waals surface area (Å²) in [6, 6.07) is 7.52. The van der Waals surface area contributed by atoms with Crippen molar-refractivity contribution in [2.24, 2.45) is 5.73 Å². The number of carbonyl (C=O) groups is 1. The summed E-state index contributed by atoms with van der Waals surface area (Å²) in [7, 11) is 0. The maximum absolute atomic E-state index is 11.1. The molecule has 1 fully saturated rings. The number of rotatable bonds is 1. The standard InChI is InChI=1S/C12H16N2O2/c1-8-4-2-3-5-9(8)11-10(13)6-7-14(11)12(15)16/h2-5,10-11H,6-7,13H2,1H3,(H,15,16). The first kappa shape index (κ1) is 11.0. The van der Waals surface area contributed by atoms with Gasteiger partial charge in [-0.15, -0.1) is 0 Å². The smallest absolute Gasteiger partial charge is 0.407 e. The lowest BCUT2D eigenvalue weighted by Crippen LogP contribution is -2.35. The van der Waals surface area contributed by atoms with E-state index in [9.17, 15) is 4.79 Å². The van der Waals surface area contributed by atoms with Gasteiger partial charge < -0.3 is 10.8 Å². The molecule has 2 unspecified atom stereocenters. The van der Waals surface area contributed by atoms with Crippen molar-refractivity contribution in [3.63, 3.8) is 0 Å². The SMILES string of the molecule is Cc1ccccc1C1C(N)CCN1C(=O)O. The number of hydrogen-bond donors (Lipinski definition) is 2. The first-order chi connectivity index (χ1) is 7.61. The molecule has 1 aromatic carbocycles. The minimum atomic E-state index is -0.888. The first-order valence-electron chi connectivity index (χ1n) is 5.42. The van der Waals surface area contributed by atoms with Crippen molar-refractivity contribution in [3.8, 4) is 0 Å². The van der Waals surface area contributed by atoms with Gasteiger partial charge in [-0.05, 0) is 24.5 Å². The molecule has 1 aromatic rings. The molecule has 1 amide bonds. The molecule has 0 bridgehead atoms. The molecule has 1 heterocycles. The number of aryl methyl sites for hydroxylation is 1. The Kier molecular flexibility index (Phi) is 2.83. The zero-order chi connectivity index (χ0) is 11.7. The Hall–Kier alpha value is -1.55. The third-order valence-corrected chi connectivity index (χ3v) is 3.20. The van der Waals surface area contributed by atoms with Crippen LogP contribution in [0.25, 0.3) is 0 Å². The summed E-state index contributed by atoms with van der Waals surface area (Å²) < 4.78 is 0. The van der Waals surface area contributed by atoms with Gasteiger partial charge in [0.15, 0.2) is 0 Å². The van der Waals surface area contributed by atoms with Crippen LogP contribution in [0.4, 0.5) is 4.79 Å². The second-order valence-corrected chi connectivity index (χ2v) is 4.23. The Morgan fingerprint density at radius 3 is 2.81 bits per heavy atom. The summed E-state index contributed by atoms with van der Waals surface area (Å²) in [5, 5.41) is 9.12. The molecule has 1 aliphatic rings. The fourth-order valence-corrected chi connectivity index (χ4v) is 2.35. The maximum Gasteiger partial charge on any atom is 0.407 e. The molecule has 0 spiro atoms. The van der Waals surface area contributed by atoms with Gasteiger partial charge in [-0.2, -0.15) is 0 Å². The number of amides is 1. The molecule has 0 aromatic heterocycles. The number of carboxylic acid groups (broad SMARTS) is 1. The lowest BCUT2D eigenvalue weighted by atomic mass is 9.97. The predicted octanol–water partition coefficient (Wildman–Crippen LogP) is 1.75. The summed E-state index contributed by atoms with van der Waals surface area (Å²) >= 11 is 0. The van der Waals surface area contributed by atoms with Crippen LogP contribution in [-0.2, 0) is 0 Å². The summed E-state index contributed by atoms with van der Waals surface area (Å²) in [5.74, 6) is 0. The van der Waals surface area contributed by atoms with Crippen molar-refractivity contribution >= 4 is 6.09 Å². The average molecular weight is 220 g/mol. The van der Waals surface area contributed by atoms with Gasteiger partial charge >= 0.3 is 6.09 Å². The second-order valence-electron chi connectivity index (χ2n) is 4.23. The van der Waals surface area contributed by atoms with E-state index in [0.717, 1.165) is 17.5 Å². The molecule has 16 heavy (non-hydrogen) atoms. The number of benzene rings is 1. The van der Waals surface area contributed by atoms with Gasteiger partial charge in [-0.1, -0.05) is 24.3 Å². The molecule has 4 heteroatoms. The Bertz CT molecular complexity index is 406. The average Bonchev–Trinajstić information content (AvgIpc) is 2.61. The van der Waals surface area contributed by atoms with Crippen LogP contribution in [0.1, 0.15) is 23.6 Å². The molecule has 3 N–H and O–H groups in total. The fourth-order valence-electron chi connectivity index (χ4n) is 2.35. The fraction of sp³-hybridized carbons (Fsp3) is 0.417. The van der Waals surface area contributed by atoms with Crippen LogP contribution in [0.15, 0.2) is 24.3 Å². The Balaban J connectivity index is 2.37. The predicted molar refractivity (Wildman–Crippen MR) is 61.2 cm³/mol. The van der Waals surface area contributed by atoms with Crippen molar-refractivity contribution in [2.75, 3.05) is 6.54 Å². The molecule has 4 nitrogen and oxygen atoms in total.